The maximum Gasteiger partial charge on any atom is 0.323 e. The molecule has 6 nitrogen and oxygen atoms in total. The van der Waals surface area contributed by atoms with E-state index in [2.05, 4.69) is 10.6 Å². The van der Waals surface area contributed by atoms with Crippen LogP contribution in [0.5, 0.6) is 5.75 Å². The zero-order chi connectivity index (χ0) is 15.2. The summed E-state index contributed by atoms with van der Waals surface area (Å²) in [6.45, 7) is -0.788. The molecule has 2 aromatic rings. The highest BCUT2D eigenvalue weighted by atomic mass is 16.3. The van der Waals surface area contributed by atoms with Crippen LogP contribution in [0.1, 0.15) is 11.1 Å². The number of hydrogen-bond donors (Lipinski definition) is 5. The molecule has 0 spiro atoms. The highest BCUT2D eigenvalue weighted by molar-refractivity contribution is 5.99. The minimum atomic E-state index is -0.459. The average molecular weight is 288 g/mol. The topological polar surface area (TPSA) is 102 Å². The molecule has 0 aliphatic rings. The lowest BCUT2D eigenvalue weighted by Crippen LogP contribution is -2.19. The van der Waals surface area contributed by atoms with Crippen molar-refractivity contribution in [3.05, 3.63) is 53.6 Å². The first-order chi connectivity index (χ1) is 10.1. The van der Waals surface area contributed by atoms with Crippen molar-refractivity contribution in [3.8, 4) is 5.75 Å². The van der Waals surface area contributed by atoms with Gasteiger partial charge in [-0.15, -0.1) is 0 Å². The van der Waals surface area contributed by atoms with Crippen molar-refractivity contribution in [2.75, 3.05) is 10.6 Å². The molecule has 21 heavy (non-hydrogen) atoms. The van der Waals surface area contributed by atoms with E-state index < -0.39 is 19.2 Å². The number of phenols is 1. The van der Waals surface area contributed by atoms with Crippen LogP contribution in [0.2, 0.25) is 0 Å². The summed E-state index contributed by atoms with van der Waals surface area (Å²) in [6.07, 6.45) is 0. The molecule has 110 valence electrons. The van der Waals surface area contributed by atoms with Crippen LogP contribution in [0.25, 0.3) is 0 Å². The normalized spacial score (nSPS) is 10.2. The third kappa shape index (κ3) is 3.71. The molecule has 2 aromatic carbocycles. The third-order valence-electron chi connectivity index (χ3n) is 2.90. The predicted octanol–water partition coefficient (Wildman–Crippen LogP) is 2.02. The fourth-order valence-corrected chi connectivity index (χ4v) is 1.89. The van der Waals surface area contributed by atoms with Crippen molar-refractivity contribution < 1.29 is 20.1 Å². The fourth-order valence-electron chi connectivity index (χ4n) is 1.89. The molecule has 0 aliphatic carbocycles. The monoisotopic (exact) mass is 288 g/mol. The molecule has 6 heteroatoms. The molecular weight excluding hydrogens is 272 g/mol. The Morgan fingerprint density at radius 1 is 0.905 bits per heavy atom. The Morgan fingerprint density at radius 3 is 1.95 bits per heavy atom. The van der Waals surface area contributed by atoms with Crippen LogP contribution in [0.3, 0.4) is 0 Å². The van der Waals surface area contributed by atoms with E-state index in [1.807, 2.05) is 6.07 Å². The lowest BCUT2D eigenvalue weighted by atomic mass is 10.1. The number of para-hydroxylation sites is 1. The van der Waals surface area contributed by atoms with E-state index in [4.69, 9.17) is 10.2 Å². The average Bonchev–Trinajstić information content (AvgIpc) is 2.49. The summed E-state index contributed by atoms with van der Waals surface area (Å²) >= 11 is 0. The Labute approximate surface area is 121 Å². The number of aliphatic hydroxyl groups is 2. The summed E-state index contributed by atoms with van der Waals surface area (Å²) in [5.74, 6) is -0.172. The molecular formula is C15H16N2O4. The molecule has 0 unspecified atom stereocenters. The Morgan fingerprint density at radius 2 is 1.43 bits per heavy atom. The van der Waals surface area contributed by atoms with Crippen molar-refractivity contribution in [2.24, 2.45) is 0 Å². The minimum absolute atomic E-state index is 0.172. The van der Waals surface area contributed by atoms with Gasteiger partial charge >= 0.3 is 6.03 Å². The molecule has 0 fully saturated rings. The van der Waals surface area contributed by atoms with Crippen LogP contribution in [0, 0.1) is 0 Å². The van der Waals surface area contributed by atoms with Gasteiger partial charge in [0.15, 0.2) is 0 Å². The van der Waals surface area contributed by atoms with Crippen molar-refractivity contribution in [3.63, 3.8) is 0 Å². The van der Waals surface area contributed by atoms with Gasteiger partial charge in [-0.2, -0.15) is 0 Å². The number of benzene rings is 2. The van der Waals surface area contributed by atoms with E-state index in [9.17, 15) is 9.90 Å². The summed E-state index contributed by atoms with van der Waals surface area (Å²) in [5, 5.41) is 33.3. The lowest BCUT2D eigenvalue weighted by molar-refractivity contribution is 0.261. The molecule has 5 N–H and O–H groups in total. The second-order valence-corrected chi connectivity index (χ2v) is 4.40. The highest BCUT2D eigenvalue weighted by Gasteiger charge is 2.10. The number of hydrogen-bond acceptors (Lipinski definition) is 4. The van der Waals surface area contributed by atoms with Gasteiger partial charge in [0.2, 0.25) is 0 Å². The Kier molecular flexibility index (Phi) is 4.76. The summed E-state index contributed by atoms with van der Waals surface area (Å²) < 4.78 is 0. The van der Waals surface area contributed by atoms with Gasteiger partial charge in [0.05, 0.1) is 13.2 Å². The second kappa shape index (κ2) is 6.74. The number of anilines is 2. The number of rotatable bonds is 4. The molecule has 0 heterocycles. The van der Waals surface area contributed by atoms with Crippen LogP contribution in [0.4, 0.5) is 16.2 Å². The summed E-state index contributed by atoms with van der Waals surface area (Å²) in [6, 6.07) is 11.3. The first-order valence-corrected chi connectivity index (χ1v) is 6.33. The van der Waals surface area contributed by atoms with E-state index in [0.717, 1.165) is 0 Å². The highest BCUT2D eigenvalue weighted by Crippen LogP contribution is 2.27. The van der Waals surface area contributed by atoms with E-state index in [-0.39, 0.29) is 16.9 Å². The lowest BCUT2D eigenvalue weighted by Gasteiger charge is -2.12. The number of aromatic hydroxyl groups is 1. The summed E-state index contributed by atoms with van der Waals surface area (Å²) in [7, 11) is 0. The first-order valence-electron chi connectivity index (χ1n) is 6.33. The zero-order valence-electron chi connectivity index (χ0n) is 11.2. The molecule has 0 atom stereocenters. The number of carbonyl (C=O) groups is 1. The molecule has 2 rings (SSSR count). The van der Waals surface area contributed by atoms with Gasteiger partial charge in [-0.05, 0) is 24.3 Å². The number of carbonyl (C=O) groups excluding carboxylic acids is 1. The molecule has 0 bridgehead atoms. The van der Waals surface area contributed by atoms with Crippen LogP contribution < -0.4 is 10.6 Å². The van der Waals surface area contributed by atoms with Crippen molar-refractivity contribution >= 4 is 17.4 Å². The SMILES string of the molecule is O=C(Nc1ccccc1)Nc1cc(CO)c(O)c(CO)c1. The van der Waals surface area contributed by atoms with Crippen molar-refractivity contribution in [1.29, 1.82) is 0 Å². The van der Waals surface area contributed by atoms with E-state index in [1.165, 1.54) is 12.1 Å². The standard InChI is InChI=1S/C15H16N2O4/c18-8-10-6-13(7-11(9-19)14(10)20)17-15(21)16-12-4-2-1-3-5-12/h1-7,18-20H,8-9H2,(H2,16,17,21). The Balaban J connectivity index is 2.14. The van der Waals surface area contributed by atoms with Gasteiger partial charge in [0, 0.05) is 22.5 Å². The van der Waals surface area contributed by atoms with Gasteiger partial charge < -0.3 is 26.0 Å². The first kappa shape index (κ1) is 14.8. The number of aliphatic hydroxyl groups excluding tert-OH is 2. The maximum absolute atomic E-state index is 11.9. The smallest absolute Gasteiger partial charge is 0.323 e. The van der Waals surface area contributed by atoms with E-state index in [1.54, 1.807) is 24.3 Å². The third-order valence-corrected chi connectivity index (χ3v) is 2.90. The zero-order valence-corrected chi connectivity index (χ0v) is 11.2. The number of nitrogens with one attached hydrogen (secondary N) is 2. The molecule has 2 amide bonds. The molecule has 0 aromatic heterocycles. The second-order valence-electron chi connectivity index (χ2n) is 4.40. The summed E-state index contributed by atoms with van der Waals surface area (Å²) in [5.41, 5.74) is 1.47. The van der Waals surface area contributed by atoms with Gasteiger partial charge in [-0.3, -0.25) is 0 Å². The quantitative estimate of drug-likeness (QED) is 0.555. The minimum Gasteiger partial charge on any atom is -0.507 e. The molecule has 0 saturated carbocycles. The van der Waals surface area contributed by atoms with Gasteiger partial charge in [-0.25, -0.2) is 4.79 Å². The van der Waals surface area contributed by atoms with E-state index in [0.29, 0.717) is 11.4 Å². The summed E-state index contributed by atoms with van der Waals surface area (Å²) in [4.78, 5) is 11.9. The molecule has 0 aliphatic heterocycles. The van der Waals surface area contributed by atoms with Crippen molar-refractivity contribution in [2.45, 2.75) is 13.2 Å². The molecule has 0 saturated heterocycles. The van der Waals surface area contributed by atoms with Crippen LogP contribution in [-0.2, 0) is 13.2 Å². The number of amides is 2. The van der Waals surface area contributed by atoms with Crippen LogP contribution >= 0.6 is 0 Å². The Bertz CT molecular complexity index is 604. The van der Waals surface area contributed by atoms with Crippen LogP contribution in [0.15, 0.2) is 42.5 Å². The van der Waals surface area contributed by atoms with Crippen molar-refractivity contribution in [1.82, 2.24) is 0 Å². The Hall–Kier alpha value is -2.57. The largest absolute Gasteiger partial charge is 0.507 e. The fraction of sp³-hybridized carbons (Fsp3) is 0.133. The van der Waals surface area contributed by atoms with E-state index >= 15 is 0 Å². The predicted molar refractivity (Wildman–Crippen MR) is 79.0 cm³/mol. The van der Waals surface area contributed by atoms with Gasteiger partial charge in [0.25, 0.3) is 0 Å². The van der Waals surface area contributed by atoms with Gasteiger partial charge in [-0.1, -0.05) is 18.2 Å². The van der Waals surface area contributed by atoms with Gasteiger partial charge in [0.1, 0.15) is 5.75 Å². The maximum atomic E-state index is 11.9. The molecule has 0 radical (unpaired) electrons. The van der Waals surface area contributed by atoms with Crippen LogP contribution in [-0.4, -0.2) is 21.4 Å². The number of urea groups is 1.